The molecule has 1 amide bonds. The Labute approximate surface area is 193 Å². The first kappa shape index (κ1) is 22.9. The normalized spacial score (nSPS) is 14.4. The topological polar surface area (TPSA) is 75.5 Å². The van der Waals surface area contributed by atoms with Gasteiger partial charge in [0.25, 0.3) is 0 Å². The summed E-state index contributed by atoms with van der Waals surface area (Å²) < 4.78 is 29.1. The number of hydrogen-bond donors (Lipinski definition) is 0. The highest BCUT2D eigenvalue weighted by Crippen LogP contribution is 2.30. The third-order valence-corrected chi connectivity index (χ3v) is 8.87. The van der Waals surface area contributed by atoms with Crippen molar-refractivity contribution in [3.8, 4) is 0 Å². The smallest absolute Gasteiger partial charge is 0.243 e. The van der Waals surface area contributed by atoms with Crippen molar-refractivity contribution in [2.75, 3.05) is 13.1 Å². The first-order valence-electron chi connectivity index (χ1n) is 11.1. The summed E-state index contributed by atoms with van der Waals surface area (Å²) in [4.78, 5) is 19.9. The molecule has 1 aromatic carbocycles. The van der Waals surface area contributed by atoms with E-state index in [0.29, 0.717) is 44.0 Å². The van der Waals surface area contributed by atoms with Crippen LogP contribution in [0.2, 0.25) is 0 Å². The number of thiophene rings is 1. The molecule has 1 fully saturated rings. The summed E-state index contributed by atoms with van der Waals surface area (Å²) in [5.74, 6) is 0.938. The van der Waals surface area contributed by atoms with Crippen LogP contribution >= 0.6 is 11.3 Å². The van der Waals surface area contributed by atoms with Crippen LogP contribution in [0.3, 0.4) is 0 Å². The Morgan fingerprint density at radius 1 is 1.22 bits per heavy atom. The number of carbonyl (C=O) groups excluding carboxylic acids is 1. The van der Waals surface area contributed by atoms with Gasteiger partial charge in [-0.1, -0.05) is 13.8 Å². The van der Waals surface area contributed by atoms with Crippen molar-refractivity contribution < 1.29 is 13.2 Å². The molecule has 2 aromatic heterocycles. The van der Waals surface area contributed by atoms with E-state index < -0.39 is 10.0 Å². The van der Waals surface area contributed by atoms with Gasteiger partial charge < -0.3 is 9.47 Å². The van der Waals surface area contributed by atoms with Crippen molar-refractivity contribution >= 4 is 38.3 Å². The van der Waals surface area contributed by atoms with E-state index in [9.17, 15) is 13.2 Å². The van der Waals surface area contributed by atoms with Crippen LogP contribution in [0.4, 0.5) is 0 Å². The molecule has 4 rings (SSSR count). The number of aryl methyl sites for hydroxylation is 2. The number of benzene rings is 1. The molecule has 1 aliphatic carbocycles. The molecule has 0 N–H and O–H groups in total. The third kappa shape index (κ3) is 4.60. The number of amides is 1. The van der Waals surface area contributed by atoms with Gasteiger partial charge in [0.1, 0.15) is 5.82 Å². The number of fused-ring (bicyclic) bond motifs is 1. The lowest BCUT2D eigenvalue weighted by atomic mass is 10.2. The lowest BCUT2D eigenvalue weighted by molar-refractivity contribution is -0.132. The van der Waals surface area contributed by atoms with Gasteiger partial charge in [0.15, 0.2) is 0 Å². The second kappa shape index (κ2) is 9.33. The average Bonchev–Trinajstić information content (AvgIpc) is 3.39. The number of sulfonamides is 1. The first-order chi connectivity index (χ1) is 15.3. The summed E-state index contributed by atoms with van der Waals surface area (Å²) in [6.07, 6.45) is 3.06. The van der Waals surface area contributed by atoms with E-state index in [2.05, 4.69) is 16.4 Å². The molecule has 32 heavy (non-hydrogen) atoms. The maximum Gasteiger partial charge on any atom is 0.243 e. The summed E-state index contributed by atoms with van der Waals surface area (Å²) in [6, 6.07) is 7.51. The van der Waals surface area contributed by atoms with Crippen LogP contribution in [0.5, 0.6) is 0 Å². The number of nitrogens with zero attached hydrogens (tertiary/aromatic N) is 4. The van der Waals surface area contributed by atoms with Crippen molar-refractivity contribution in [2.24, 2.45) is 7.05 Å². The van der Waals surface area contributed by atoms with E-state index in [0.717, 1.165) is 24.2 Å². The molecule has 1 aliphatic rings. The van der Waals surface area contributed by atoms with Crippen LogP contribution in [0.15, 0.2) is 39.9 Å². The quantitative estimate of drug-likeness (QED) is 0.448. The zero-order valence-corrected chi connectivity index (χ0v) is 20.5. The van der Waals surface area contributed by atoms with Crippen molar-refractivity contribution in [3.63, 3.8) is 0 Å². The SMILES string of the molecule is CCN(CC)S(=O)(=O)c1ccc2c(c1)nc(CCC(=O)N(Cc1ccsc1)C1CC1)n2C. The van der Waals surface area contributed by atoms with Crippen molar-refractivity contribution in [3.05, 3.63) is 46.4 Å². The van der Waals surface area contributed by atoms with E-state index in [4.69, 9.17) is 0 Å². The zero-order chi connectivity index (χ0) is 22.9. The summed E-state index contributed by atoms with van der Waals surface area (Å²) in [7, 11) is -1.62. The summed E-state index contributed by atoms with van der Waals surface area (Å²) in [5, 5.41) is 4.14. The van der Waals surface area contributed by atoms with Crippen LogP contribution in [0, 0.1) is 0 Å². The van der Waals surface area contributed by atoms with Gasteiger partial charge in [0.05, 0.1) is 15.9 Å². The number of aromatic nitrogens is 2. The molecule has 0 radical (unpaired) electrons. The maximum atomic E-state index is 13.0. The molecule has 9 heteroatoms. The van der Waals surface area contributed by atoms with Gasteiger partial charge in [-0.05, 0) is 53.4 Å². The fourth-order valence-electron chi connectivity index (χ4n) is 4.07. The van der Waals surface area contributed by atoms with Gasteiger partial charge in [-0.15, -0.1) is 0 Å². The fourth-order valence-corrected chi connectivity index (χ4v) is 6.21. The Hall–Kier alpha value is -2.23. The highest BCUT2D eigenvalue weighted by Gasteiger charge is 2.32. The number of hydrogen-bond acceptors (Lipinski definition) is 5. The Morgan fingerprint density at radius 2 is 1.97 bits per heavy atom. The number of rotatable bonds is 10. The van der Waals surface area contributed by atoms with Gasteiger partial charge in [-0.2, -0.15) is 15.6 Å². The van der Waals surface area contributed by atoms with Gasteiger partial charge >= 0.3 is 0 Å². The second-order valence-electron chi connectivity index (χ2n) is 8.21. The monoisotopic (exact) mass is 474 g/mol. The van der Waals surface area contributed by atoms with Crippen LogP contribution in [0.1, 0.15) is 44.5 Å². The minimum atomic E-state index is -3.54. The highest BCUT2D eigenvalue weighted by atomic mass is 32.2. The Kier molecular flexibility index (Phi) is 6.69. The lowest BCUT2D eigenvalue weighted by Gasteiger charge is -2.22. The van der Waals surface area contributed by atoms with Crippen LogP contribution < -0.4 is 0 Å². The fraction of sp³-hybridized carbons (Fsp3) is 0.478. The Bertz CT molecular complexity index is 1190. The van der Waals surface area contributed by atoms with Gasteiger partial charge in [-0.3, -0.25) is 4.79 Å². The molecule has 0 saturated heterocycles. The second-order valence-corrected chi connectivity index (χ2v) is 10.9. The minimum absolute atomic E-state index is 0.149. The predicted octanol–water partition coefficient (Wildman–Crippen LogP) is 3.79. The van der Waals surface area contributed by atoms with Gasteiger partial charge in [-0.25, -0.2) is 13.4 Å². The number of carbonyl (C=O) groups is 1. The molecule has 0 atom stereocenters. The molecule has 0 spiro atoms. The van der Waals surface area contributed by atoms with Crippen molar-refractivity contribution in [1.29, 1.82) is 0 Å². The molecular weight excluding hydrogens is 444 g/mol. The third-order valence-electron chi connectivity index (χ3n) is 6.09. The molecule has 1 saturated carbocycles. The van der Waals surface area contributed by atoms with E-state index in [-0.39, 0.29) is 10.8 Å². The van der Waals surface area contributed by atoms with Crippen molar-refractivity contribution in [1.82, 2.24) is 18.8 Å². The van der Waals surface area contributed by atoms with Crippen LogP contribution in [-0.4, -0.2) is 52.2 Å². The molecular formula is C23H30N4O3S2. The zero-order valence-electron chi connectivity index (χ0n) is 18.8. The summed E-state index contributed by atoms with van der Waals surface area (Å²) >= 11 is 1.65. The number of imidazole rings is 1. The van der Waals surface area contributed by atoms with Gasteiger partial charge in [0.2, 0.25) is 15.9 Å². The molecule has 7 nitrogen and oxygen atoms in total. The molecule has 172 valence electrons. The molecule has 0 unspecified atom stereocenters. The summed E-state index contributed by atoms with van der Waals surface area (Å²) in [6.45, 7) is 5.18. The average molecular weight is 475 g/mol. The largest absolute Gasteiger partial charge is 0.335 e. The standard InChI is InChI=1S/C23H30N4O3S2/c1-4-26(5-2)32(29,30)19-8-9-21-20(14-19)24-22(25(21)3)10-11-23(28)27(18-6-7-18)15-17-12-13-31-16-17/h8-9,12-14,16,18H,4-7,10-11,15H2,1-3H3. The van der Waals surface area contributed by atoms with E-state index in [1.165, 1.54) is 9.87 Å². The molecule has 0 aliphatic heterocycles. The Balaban J connectivity index is 1.51. The maximum absolute atomic E-state index is 13.0. The Morgan fingerprint density at radius 3 is 2.59 bits per heavy atom. The highest BCUT2D eigenvalue weighted by molar-refractivity contribution is 7.89. The predicted molar refractivity (Wildman–Crippen MR) is 127 cm³/mol. The van der Waals surface area contributed by atoms with E-state index in [1.807, 2.05) is 35.7 Å². The molecule has 0 bridgehead atoms. The summed E-state index contributed by atoms with van der Waals surface area (Å²) in [5.41, 5.74) is 2.68. The van der Waals surface area contributed by atoms with Crippen LogP contribution in [0.25, 0.3) is 11.0 Å². The molecule has 3 aromatic rings. The van der Waals surface area contributed by atoms with Crippen molar-refractivity contribution in [2.45, 2.75) is 57.0 Å². The van der Waals surface area contributed by atoms with E-state index in [1.54, 1.807) is 29.5 Å². The molecule has 2 heterocycles. The van der Waals surface area contributed by atoms with Gasteiger partial charge in [0, 0.05) is 45.6 Å². The lowest BCUT2D eigenvalue weighted by Crippen LogP contribution is -2.32. The van der Waals surface area contributed by atoms with Crippen LogP contribution in [-0.2, 0) is 34.8 Å². The van der Waals surface area contributed by atoms with E-state index >= 15 is 0 Å². The minimum Gasteiger partial charge on any atom is -0.335 e. The first-order valence-corrected chi connectivity index (χ1v) is 13.5.